The first kappa shape index (κ1) is 18.7. The maximum atomic E-state index is 4.10. The fourth-order valence-electron chi connectivity index (χ4n) is 3.21. The Labute approximate surface area is 152 Å². The Balaban J connectivity index is 2.57. The Morgan fingerprint density at radius 3 is 2.00 bits per heavy atom. The number of rotatable bonds is 9. The molecule has 0 aliphatic carbocycles. The SMILES string of the molecule is C=CN=CN/C(CC)=C(/CCC)C(c1ccccc1)c1ccccc1. The summed E-state index contributed by atoms with van der Waals surface area (Å²) in [5.41, 5.74) is 5.32. The number of nitrogens with one attached hydrogen (secondary N) is 1. The van der Waals surface area contributed by atoms with E-state index < -0.39 is 0 Å². The molecule has 0 radical (unpaired) electrons. The smallest absolute Gasteiger partial charge is 0.0920 e. The number of aliphatic imine (C=N–C) groups is 1. The fourth-order valence-corrected chi connectivity index (χ4v) is 3.21. The van der Waals surface area contributed by atoms with Crippen LogP contribution >= 0.6 is 0 Å². The quantitative estimate of drug-likeness (QED) is 0.439. The lowest BCUT2D eigenvalue weighted by Crippen LogP contribution is -2.17. The third-order valence-corrected chi connectivity index (χ3v) is 4.29. The molecular formula is C23H28N2. The molecule has 2 rings (SSSR count). The molecule has 25 heavy (non-hydrogen) atoms. The van der Waals surface area contributed by atoms with Crippen molar-refractivity contribution in [2.24, 2.45) is 4.99 Å². The molecule has 130 valence electrons. The van der Waals surface area contributed by atoms with Gasteiger partial charge in [-0.3, -0.25) is 0 Å². The zero-order chi connectivity index (χ0) is 17.9. The van der Waals surface area contributed by atoms with Gasteiger partial charge in [-0.1, -0.05) is 87.5 Å². The summed E-state index contributed by atoms with van der Waals surface area (Å²) in [4.78, 5) is 4.10. The van der Waals surface area contributed by atoms with Crippen molar-refractivity contribution in [1.29, 1.82) is 0 Å². The van der Waals surface area contributed by atoms with Crippen LogP contribution in [0.1, 0.15) is 50.2 Å². The Morgan fingerprint density at radius 1 is 1.00 bits per heavy atom. The van der Waals surface area contributed by atoms with Gasteiger partial charge in [0.1, 0.15) is 0 Å². The molecule has 0 spiro atoms. The van der Waals surface area contributed by atoms with Gasteiger partial charge in [0.25, 0.3) is 0 Å². The van der Waals surface area contributed by atoms with Crippen LogP contribution in [0, 0.1) is 0 Å². The van der Waals surface area contributed by atoms with E-state index in [0.717, 1.165) is 19.3 Å². The molecule has 2 nitrogen and oxygen atoms in total. The van der Waals surface area contributed by atoms with Crippen molar-refractivity contribution in [2.45, 2.75) is 39.0 Å². The van der Waals surface area contributed by atoms with Crippen LogP contribution < -0.4 is 5.32 Å². The van der Waals surface area contributed by atoms with Crippen molar-refractivity contribution >= 4 is 6.34 Å². The summed E-state index contributed by atoms with van der Waals surface area (Å²) < 4.78 is 0. The molecule has 0 fully saturated rings. The Morgan fingerprint density at radius 2 is 1.56 bits per heavy atom. The van der Waals surface area contributed by atoms with Gasteiger partial charge in [0.2, 0.25) is 0 Å². The highest BCUT2D eigenvalue weighted by atomic mass is 14.9. The van der Waals surface area contributed by atoms with E-state index in [0.29, 0.717) is 0 Å². The van der Waals surface area contributed by atoms with Gasteiger partial charge in [0.15, 0.2) is 0 Å². The Kier molecular flexibility index (Phi) is 7.71. The molecule has 0 aromatic heterocycles. The van der Waals surface area contributed by atoms with Gasteiger partial charge in [-0.15, -0.1) is 0 Å². The highest BCUT2D eigenvalue weighted by molar-refractivity contribution is 5.59. The minimum Gasteiger partial charge on any atom is -0.350 e. The number of nitrogens with zero attached hydrogens (tertiary/aromatic N) is 1. The van der Waals surface area contributed by atoms with Crippen molar-refractivity contribution < 1.29 is 0 Å². The van der Waals surface area contributed by atoms with Crippen LogP contribution in [-0.4, -0.2) is 6.34 Å². The van der Waals surface area contributed by atoms with E-state index in [4.69, 9.17) is 0 Å². The molecule has 0 atom stereocenters. The summed E-state index contributed by atoms with van der Waals surface area (Å²) in [7, 11) is 0. The molecule has 0 saturated carbocycles. The highest BCUT2D eigenvalue weighted by Gasteiger charge is 2.21. The van der Waals surface area contributed by atoms with E-state index in [9.17, 15) is 0 Å². The first-order chi connectivity index (χ1) is 12.3. The van der Waals surface area contributed by atoms with E-state index in [-0.39, 0.29) is 5.92 Å². The van der Waals surface area contributed by atoms with Crippen LogP contribution in [-0.2, 0) is 0 Å². The average Bonchev–Trinajstić information content (AvgIpc) is 2.67. The van der Waals surface area contributed by atoms with E-state index in [1.54, 1.807) is 12.5 Å². The summed E-state index contributed by atoms with van der Waals surface area (Å²) in [6, 6.07) is 21.5. The lowest BCUT2D eigenvalue weighted by molar-refractivity contribution is 0.765. The van der Waals surface area contributed by atoms with Crippen LogP contribution in [0.2, 0.25) is 0 Å². The van der Waals surface area contributed by atoms with E-state index in [1.165, 1.54) is 22.4 Å². The average molecular weight is 332 g/mol. The van der Waals surface area contributed by atoms with Crippen molar-refractivity contribution in [1.82, 2.24) is 5.32 Å². The minimum atomic E-state index is 0.252. The van der Waals surface area contributed by atoms with Crippen molar-refractivity contribution in [2.75, 3.05) is 0 Å². The van der Waals surface area contributed by atoms with Crippen LogP contribution in [0.3, 0.4) is 0 Å². The summed E-state index contributed by atoms with van der Waals surface area (Å²) in [5, 5.41) is 3.39. The maximum absolute atomic E-state index is 4.10. The van der Waals surface area contributed by atoms with Crippen molar-refractivity contribution in [3.05, 3.63) is 95.8 Å². The second kappa shape index (κ2) is 10.3. The van der Waals surface area contributed by atoms with Crippen LogP contribution in [0.15, 0.2) is 89.7 Å². The monoisotopic (exact) mass is 332 g/mol. The number of benzene rings is 2. The zero-order valence-electron chi connectivity index (χ0n) is 15.3. The molecule has 0 amide bonds. The summed E-state index contributed by atoms with van der Waals surface area (Å²) >= 11 is 0. The Bertz CT molecular complexity index is 660. The molecule has 0 aliphatic heterocycles. The van der Waals surface area contributed by atoms with Crippen molar-refractivity contribution in [3.63, 3.8) is 0 Å². The van der Waals surface area contributed by atoms with Crippen LogP contribution in [0.4, 0.5) is 0 Å². The molecule has 2 aromatic rings. The lowest BCUT2D eigenvalue weighted by Gasteiger charge is -2.25. The largest absolute Gasteiger partial charge is 0.350 e. The minimum absolute atomic E-state index is 0.252. The molecule has 2 aromatic carbocycles. The first-order valence-corrected chi connectivity index (χ1v) is 9.02. The van der Waals surface area contributed by atoms with Crippen molar-refractivity contribution in [3.8, 4) is 0 Å². The van der Waals surface area contributed by atoms with Gasteiger partial charge in [-0.05, 0) is 29.5 Å². The summed E-state index contributed by atoms with van der Waals surface area (Å²) in [6.45, 7) is 8.06. The van der Waals surface area contributed by atoms with Gasteiger partial charge in [0.05, 0.1) is 6.34 Å². The zero-order valence-corrected chi connectivity index (χ0v) is 15.3. The van der Waals surface area contributed by atoms with Gasteiger partial charge >= 0.3 is 0 Å². The number of allylic oxidation sites excluding steroid dienone is 2. The summed E-state index contributed by atoms with van der Waals surface area (Å²) in [6.07, 6.45) is 6.37. The molecule has 2 heteroatoms. The van der Waals surface area contributed by atoms with E-state index >= 15 is 0 Å². The lowest BCUT2D eigenvalue weighted by atomic mass is 9.81. The standard InChI is InChI=1S/C23H28N2/c1-4-13-21(22(5-2)25-18-24-6-3)23(19-14-9-7-10-15-19)20-16-11-8-12-17-20/h6-12,14-18,23H,3-5,13H2,1-2H3,(H,24,25)/b22-21-. The second-order valence-corrected chi connectivity index (χ2v) is 5.97. The molecule has 0 heterocycles. The summed E-state index contributed by atoms with van der Waals surface area (Å²) in [5.74, 6) is 0.252. The van der Waals surface area contributed by atoms with Gasteiger partial charge in [-0.25, -0.2) is 4.99 Å². The predicted octanol–water partition coefficient (Wildman–Crippen LogP) is 6.04. The first-order valence-electron chi connectivity index (χ1n) is 9.02. The third kappa shape index (κ3) is 5.18. The predicted molar refractivity (Wildman–Crippen MR) is 109 cm³/mol. The number of hydrogen-bond acceptors (Lipinski definition) is 1. The Hall–Kier alpha value is -2.61. The van der Waals surface area contributed by atoms with Crippen LogP contribution in [0.25, 0.3) is 0 Å². The highest BCUT2D eigenvalue weighted by Crippen LogP contribution is 2.36. The van der Waals surface area contributed by atoms with Gasteiger partial charge in [0, 0.05) is 17.8 Å². The van der Waals surface area contributed by atoms with Gasteiger partial charge < -0.3 is 5.32 Å². The normalized spacial score (nSPS) is 12.3. The number of hydrogen-bond donors (Lipinski definition) is 1. The van der Waals surface area contributed by atoms with Crippen LogP contribution in [0.5, 0.6) is 0 Å². The maximum Gasteiger partial charge on any atom is 0.0920 e. The van der Waals surface area contributed by atoms with E-state index in [2.05, 4.69) is 91.4 Å². The molecule has 0 aliphatic rings. The molecule has 0 unspecified atom stereocenters. The fraction of sp³-hybridized carbons (Fsp3) is 0.261. The molecule has 0 bridgehead atoms. The second-order valence-electron chi connectivity index (χ2n) is 5.97. The molecule has 0 saturated heterocycles. The topological polar surface area (TPSA) is 24.4 Å². The van der Waals surface area contributed by atoms with E-state index in [1.807, 2.05) is 0 Å². The van der Waals surface area contributed by atoms with Gasteiger partial charge in [-0.2, -0.15) is 0 Å². The molecular weight excluding hydrogens is 304 g/mol. The third-order valence-electron chi connectivity index (χ3n) is 4.29. The molecule has 1 N–H and O–H groups in total.